The average Bonchev–Trinajstić information content (AvgIpc) is 3.17. The lowest BCUT2D eigenvalue weighted by atomic mass is 9.89. The molecule has 3 heterocycles. The number of rotatable bonds is 3. The molecule has 2 aliphatic heterocycles. The van der Waals surface area contributed by atoms with Crippen LogP contribution >= 0.6 is 0 Å². The largest absolute Gasteiger partial charge is 0.375 e. The number of hydrogen-bond donors (Lipinski definition) is 1. The predicted octanol–water partition coefficient (Wildman–Crippen LogP) is 4.14. The van der Waals surface area contributed by atoms with E-state index in [-0.39, 0.29) is 17.7 Å². The van der Waals surface area contributed by atoms with Crippen LogP contribution < -0.4 is 5.32 Å². The van der Waals surface area contributed by atoms with Crippen molar-refractivity contribution in [2.24, 2.45) is 0 Å². The molecule has 2 amide bonds. The van der Waals surface area contributed by atoms with Crippen LogP contribution in [0.1, 0.15) is 54.0 Å². The zero-order valence-corrected chi connectivity index (χ0v) is 16.8. The number of urea groups is 1. The van der Waals surface area contributed by atoms with Gasteiger partial charge < -0.3 is 15.0 Å². The summed E-state index contributed by atoms with van der Waals surface area (Å²) >= 11 is 0. The summed E-state index contributed by atoms with van der Waals surface area (Å²) in [6.07, 6.45) is 7.72. The second-order valence-electron chi connectivity index (χ2n) is 8.13. The van der Waals surface area contributed by atoms with Crippen LogP contribution in [0.25, 0.3) is 0 Å². The van der Waals surface area contributed by atoms with Gasteiger partial charge in [-0.05, 0) is 67.9 Å². The van der Waals surface area contributed by atoms with Gasteiger partial charge in [-0.25, -0.2) is 4.79 Å². The first-order valence-electron chi connectivity index (χ1n) is 10.2. The molecule has 2 aromatic rings. The fourth-order valence-corrected chi connectivity index (χ4v) is 4.33. The highest BCUT2D eigenvalue weighted by Gasteiger charge is 2.39. The van der Waals surface area contributed by atoms with Crippen molar-refractivity contribution in [1.82, 2.24) is 15.2 Å². The zero-order valence-electron chi connectivity index (χ0n) is 16.8. The van der Waals surface area contributed by atoms with E-state index in [0.717, 1.165) is 56.5 Å². The van der Waals surface area contributed by atoms with Crippen LogP contribution in [0, 0.1) is 13.8 Å². The number of carbonyl (C=O) groups excluding carboxylic acids is 1. The molecule has 5 nitrogen and oxygen atoms in total. The Hall–Kier alpha value is -2.40. The molecule has 148 valence electrons. The number of aryl methyl sites for hydroxylation is 2. The number of hydrogen-bond acceptors (Lipinski definition) is 3. The van der Waals surface area contributed by atoms with Gasteiger partial charge in [0.25, 0.3) is 0 Å². The van der Waals surface area contributed by atoms with Gasteiger partial charge in [-0.1, -0.05) is 24.3 Å². The Labute approximate surface area is 167 Å². The molecule has 0 aliphatic carbocycles. The number of benzene rings is 1. The Bertz CT molecular complexity index is 821. The second kappa shape index (κ2) is 7.92. The lowest BCUT2D eigenvalue weighted by molar-refractivity contribution is -0.0362. The Morgan fingerprint density at radius 1 is 1.14 bits per heavy atom. The van der Waals surface area contributed by atoms with E-state index in [4.69, 9.17) is 4.74 Å². The summed E-state index contributed by atoms with van der Waals surface area (Å²) in [5, 5.41) is 3.25. The number of nitrogens with one attached hydrogen (secondary N) is 1. The summed E-state index contributed by atoms with van der Waals surface area (Å²) in [4.78, 5) is 19.2. The molecule has 1 spiro atoms. The summed E-state index contributed by atoms with van der Waals surface area (Å²) < 4.78 is 5.99. The molecular formula is C23H29N3O2. The number of ether oxygens (including phenoxy) is 1. The molecule has 2 saturated heterocycles. The molecule has 2 aliphatic rings. The van der Waals surface area contributed by atoms with Crippen LogP contribution in [-0.4, -0.2) is 41.2 Å². The summed E-state index contributed by atoms with van der Waals surface area (Å²) in [6.45, 7) is 6.57. The summed E-state index contributed by atoms with van der Waals surface area (Å²) in [5.41, 5.74) is 4.56. The minimum Gasteiger partial charge on any atom is -0.375 e. The van der Waals surface area contributed by atoms with Crippen molar-refractivity contribution in [3.8, 4) is 0 Å². The van der Waals surface area contributed by atoms with Gasteiger partial charge in [-0.3, -0.25) is 4.98 Å². The third-order valence-electron chi connectivity index (χ3n) is 6.30. The normalized spacial score (nSPS) is 19.6. The maximum atomic E-state index is 13.1. The molecule has 2 fully saturated rings. The molecule has 0 bridgehead atoms. The lowest BCUT2D eigenvalue weighted by Gasteiger charge is -2.39. The van der Waals surface area contributed by atoms with E-state index in [2.05, 4.69) is 42.3 Å². The van der Waals surface area contributed by atoms with Gasteiger partial charge in [-0.15, -0.1) is 0 Å². The number of carbonyl (C=O) groups is 1. The first-order valence-corrected chi connectivity index (χ1v) is 10.2. The van der Waals surface area contributed by atoms with Gasteiger partial charge in [0.2, 0.25) is 0 Å². The molecule has 1 aromatic carbocycles. The van der Waals surface area contributed by atoms with Gasteiger partial charge in [0.1, 0.15) is 0 Å². The van der Waals surface area contributed by atoms with Crippen LogP contribution in [0.2, 0.25) is 0 Å². The van der Waals surface area contributed by atoms with Gasteiger partial charge in [0.15, 0.2) is 0 Å². The van der Waals surface area contributed by atoms with Gasteiger partial charge in [-0.2, -0.15) is 0 Å². The lowest BCUT2D eigenvalue weighted by Crippen LogP contribution is -2.50. The molecule has 1 unspecified atom stereocenters. The van der Waals surface area contributed by atoms with E-state index in [0.29, 0.717) is 0 Å². The fraction of sp³-hybridized carbons (Fsp3) is 0.478. The van der Waals surface area contributed by atoms with E-state index in [1.807, 2.05) is 23.2 Å². The van der Waals surface area contributed by atoms with Crippen LogP contribution in [0.5, 0.6) is 0 Å². The number of amides is 2. The topological polar surface area (TPSA) is 54.5 Å². The number of piperidine rings is 1. The minimum absolute atomic E-state index is 0.0140. The number of likely N-dealkylation sites (tertiary alicyclic amines) is 1. The summed E-state index contributed by atoms with van der Waals surface area (Å²) in [6, 6.07) is 10.1. The molecule has 28 heavy (non-hydrogen) atoms. The monoisotopic (exact) mass is 379 g/mol. The molecule has 1 N–H and O–H groups in total. The quantitative estimate of drug-likeness (QED) is 0.872. The first-order chi connectivity index (χ1) is 13.6. The number of pyridine rings is 1. The standard InChI is InChI=1S/C23H29N3O2/c1-17-6-7-19(15-18(17)2)21(20-5-3-11-24-16-20)25-22(27)26-12-9-23(10-13-26)8-4-14-28-23/h3,5-7,11,15-16,21H,4,8-10,12-14H2,1-2H3,(H,25,27). The molecule has 4 rings (SSSR count). The van der Waals surface area contributed by atoms with Crippen LogP contribution in [0.3, 0.4) is 0 Å². The van der Waals surface area contributed by atoms with Crippen molar-refractivity contribution in [2.45, 2.75) is 51.2 Å². The third-order valence-corrected chi connectivity index (χ3v) is 6.30. The third kappa shape index (κ3) is 3.90. The summed E-state index contributed by atoms with van der Waals surface area (Å²) in [7, 11) is 0. The van der Waals surface area contributed by atoms with E-state index < -0.39 is 0 Å². The van der Waals surface area contributed by atoms with E-state index >= 15 is 0 Å². The van der Waals surface area contributed by atoms with E-state index in [1.54, 1.807) is 6.20 Å². The fourth-order valence-electron chi connectivity index (χ4n) is 4.33. The number of nitrogens with zero attached hydrogens (tertiary/aromatic N) is 2. The smallest absolute Gasteiger partial charge is 0.318 e. The zero-order chi connectivity index (χ0) is 19.6. The Balaban J connectivity index is 1.51. The van der Waals surface area contributed by atoms with Crippen LogP contribution in [0.15, 0.2) is 42.7 Å². The number of aromatic nitrogens is 1. The molecule has 5 heteroatoms. The summed E-state index contributed by atoms with van der Waals surface area (Å²) in [5.74, 6) is 0. The van der Waals surface area contributed by atoms with Crippen molar-refractivity contribution in [1.29, 1.82) is 0 Å². The van der Waals surface area contributed by atoms with Gasteiger partial charge >= 0.3 is 6.03 Å². The van der Waals surface area contributed by atoms with E-state index in [1.165, 1.54) is 11.1 Å². The Kier molecular flexibility index (Phi) is 5.36. The Morgan fingerprint density at radius 3 is 2.61 bits per heavy atom. The van der Waals surface area contributed by atoms with Crippen molar-refractivity contribution in [3.63, 3.8) is 0 Å². The van der Waals surface area contributed by atoms with Crippen LogP contribution in [0.4, 0.5) is 4.79 Å². The molecular weight excluding hydrogens is 350 g/mol. The van der Waals surface area contributed by atoms with Crippen molar-refractivity contribution < 1.29 is 9.53 Å². The van der Waals surface area contributed by atoms with Crippen LogP contribution in [-0.2, 0) is 4.74 Å². The maximum absolute atomic E-state index is 13.1. The van der Waals surface area contributed by atoms with Gasteiger partial charge in [0, 0.05) is 32.1 Å². The maximum Gasteiger partial charge on any atom is 0.318 e. The molecule has 1 aromatic heterocycles. The predicted molar refractivity (Wildman–Crippen MR) is 109 cm³/mol. The van der Waals surface area contributed by atoms with E-state index in [9.17, 15) is 4.79 Å². The minimum atomic E-state index is -0.209. The van der Waals surface area contributed by atoms with Crippen molar-refractivity contribution in [3.05, 3.63) is 65.0 Å². The Morgan fingerprint density at radius 2 is 1.96 bits per heavy atom. The molecule has 0 saturated carbocycles. The molecule has 1 atom stereocenters. The average molecular weight is 380 g/mol. The van der Waals surface area contributed by atoms with Crippen molar-refractivity contribution >= 4 is 6.03 Å². The van der Waals surface area contributed by atoms with Crippen molar-refractivity contribution in [2.75, 3.05) is 19.7 Å². The first kappa shape index (κ1) is 18.9. The highest BCUT2D eigenvalue weighted by Crippen LogP contribution is 2.35. The molecule has 0 radical (unpaired) electrons. The highest BCUT2D eigenvalue weighted by molar-refractivity contribution is 5.75. The van der Waals surface area contributed by atoms with Gasteiger partial charge in [0.05, 0.1) is 11.6 Å². The second-order valence-corrected chi connectivity index (χ2v) is 8.13. The highest BCUT2D eigenvalue weighted by atomic mass is 16.5. The SMILES string of the molecule is Cc1ccc(C(NC(=O)N2CCC3(CCCO3)CC2)c2cccnc2)cc1C.